The quantitative estimate of drug-likeness (QED) is 0.349. The highest BCUT2D eigenvalue weighted by Crippen LogP contribution is 2.28. The molecular formula is C18H25F3N6S. The van der Waals surface area contributed by atoms with E-state index in [1.165, 1.54) is 10.9 Å². The van der Waals surface area contributed by atoms with Crippen LogP contribution >= 0.6 is 11.3 Å². The number of nitrogens with zero attached hydrogens (tertiary/aromatic N) is 3. The third-order valence-corrected chi connectivity index (χ3v) is 4.89. The first-order chi connectivity index (χ1) is 13.3. The Kier molecular flexibility index (Phi) is 8.04. The van der Waals surface area contributed by atoms with Gasteiger partial charge < -0.3 is 16.0 Å². The van der Waals surface area contributed by atoms with Crippen LogP contribution in [0.3, 0.4) is 0 Å². The van der Waals surface area contributed by atoms with Crippen molar-refractivity contribution < 1.29 is 13.2 Å². The maximum atomic E-state index is 12.5. The minimum atomic E-state index is -4.37. The number of pyridine rings is 1. The smallest absolute Gasteiger partial charge is 0.370 e. The molecule has 2 aromatic heterocycles. The normalized spacial score (nSPS) is 12.1. The predicted octanol–water partition coefficient (Wildman–Crippen LogP) is 3.73. The lowest BCUT2D eigenvalue weighted by molar-refractivity contribution is -0.137. The van der Waals surface area contributed by atoms with E-state index in [9.17, 15) is 13.2 Å². The molecule has 10 heteroatoms. The molecule has 0 aliphatic rings. The summed E-state index contributed by atoms with van der Waals surface area (Å²) in [6.45, 7) is 8.53. The van der Waals surface area contributed by atoms with Gasteiger partial charge in [0, 0.05) is 30.7 Å². The summed E-state index contributed by atoms with van der Waals surface area (Å²) in [5, 5.41) is 10.4. The molecule has 0 unspecified atom stereocenters. The number of hydrogen-bond donors (Lipinski definition) is 3. The summed E-state index contributed by atoms with van der Waals surface area (Å²) >= 11 is 1.65. The lowest BCUT2D eigenvalue weighted by Crippen LogP contribution is -2.38. The van der Waals surface area contributed by atoms with Gasteiger partial charge in [-0.2, -0.15) is 13.2 Å². The van der Waals surface area contributed by atoms with Crippen molar-refractivity contribution in [2.45, 2.75) is 39.9 Å². The summed E-state index contributed by atoms with van der Waals surface area (Å²) < 4.78 is 37.5. The molecule has 0 saturated carbocycles. The van der Waals surface area contributed by atoms with Gasteiger partial charge >= 0.3 is 6.18 Å². The molecule has 0 spiro atoms. The monoisotopic (exact) mass is 414 g/mol. The minimum Gasteiger partial charge on any atom is -0.370 e. The van der Waals surface area contributed by atoms with Crippen molar-refractivity contribution in [2.24, 2.45) is 4.99 Å². The third-order valence-electron chi connectivity index (χ3n) is 3.83. The summed E-state index contributed by atoms with van der Waals surface area (Å²) in [5.74, 6) is 1.13. The molecule has 0 saturated heterocycles. The summed E-state index contributed by atoms with van der Waals surface area (Å²) in [7, 11) is 0. The molecule has 154 valence electrons. The fourth-order valence-electron chi connectivity index (χ4n) is 2.27. The number of aryl methyl sites for hydroxylation is 2. The molecule has 6 nitrogen and oxygen atoms in total. The second kappa shape index (κ2) is 10.3. The molecule has 0 bridgehead atoms. The Hall–Kier alpha value is -2.36. The highest BCUT2D eigenvalue weighted by molar-refractivity contribution is 7.11. The van der Waals surface area contributed by atoms with E-state index >= 15 is 0 Å². The molecule has 0 aliphatic heterocycles. The maximum Gasteiger partial charge on any atom is 0.417 e. The fourth-order valence-corrected chi connectivity index (χ4v) is 3.13. The number of guanidine groups is 1. The Morgan fingerprint density at radius 3 is 2.54 bits per heavy atom. The first-order valence-electron chi connectivity index (χ1n) is 9.01. The number of nitrogens with one attached hydrogen (secondary N) is 3. The molecule has 0 atom stereocenters. The average Bonchev–Trinajstić information content (AvgIpc) is 2.97. The summed E-state index contributed by atoms with van der Waals surface area (Å²) in [6, 6.07) is 2.35. The van der Waals surface area contributed by atoms with Gasteiger partial charge in [0.15, 0.2) is 5.96 Å². The van der Waals surface area contributed by atoms with Crippen molar-refractivity contribution >= 4 is 23.1 Å². The van der Waals surface area contributed by atoms with Crippen LogP contribution in [0.2, 0.25) is 0 Å². The van der Waals surface area contributed by atoms with Crippen LogP contribution in [0.5, 0.6) is 0 Å². The maximum absolute atomic E-state index is 12.5. The Balaban J connectivity index is 1.74. The molecule has 3 N–H and O–H groups in total. The second-order valence-electron chi connectivity index (χ2n) is 6.08. The Labute approximate surface area is 166 Å². The van der Waals surface area contributed by atoms with Crippen molar-refractivity contribution in [3.05, 3.63) is 39.5 Å². The first-order valence-corrected chi connectivity index (χ1v) is 9.83. The lowest BCUT2D eigenvalue weighted by Gasteiger charge is -2.12. The van der Waals surface area contributed by atoms with E-state index in [0.717, 1.165) is 35.9 Å². The number of rotatable bonds is 8. The Morgan fingerprint density at radius 1 is 1.18 bits per heavy atom. The zero-order valence-corrected chi connectivity index (χ0v) is 17.0. The van der Waals surface area contributed by atoms with Crippen LogP contribution in [0.15, 0.2) is 23.3 Å². The van der Waals surface area contributed by atoms with Crippen LogP contribution in [0.1, 0.15) is 34.5 Å². The molecular weight excluding hydrogens is 389 g/mol. The number of thiazole rings is 1. The molecule has 2 heterocycles. The van der Waals surface area contributed by atoms with Crippen molar-refractivity contribution in [3.63, 3.8) is 0 Å². The molecule has 0 amide bonds. The van der Waals surface area contributed by atoms with Gasteiger partial charge in [0.2, 0.25) is 0 Å². The first kappa shape index (κ1) is 21.9. The van der Waals surface area contributed by atoms with E-state index in [2.05, 4.69) is 30.9 Å². The third kappa shape index (κ3) is 6.99. The topological polar surface area (TPSA) is 74.2 Å². The SMILES string of the molecule is CCNC(=NCc1nc(C)c(C)s1)NCCCNc1ccc(C(F)(F)F)cn1. The zero-order chi connectivity index (χ0) is 20.6. The molecule has 28 heavy (non-hydrogen) atoms. The van der Waals surface area contributed by atoms with Gasteiger partial charge in [-0.05, 0) is 39.3 Å². The van der Waals surface area contributed by atoms with Crippen molar-refractivity contribution in [3.8, 4) is 0 Å². The van der Waals surface area contributed by atoms with Gasteiger partial charge in [-0.1, -0.05) is 0 Å². The fraction of sp³-hybridized carbons (Fsp3) is 0.500. The number of halogens is 3. The van der Waals surface area contributed by atoms with Crippen LogP contribution in [0, 0.1) is 13.8 Å². The molecule has 2 rings (SSSR count). The molecule has 0 aliphatic carbocycles. The number of aliphatic imine (C=N–C) groups is 1. The van der Waals surface area contributed by atoms with Crippen molar-refractivity contribution in [1.82, 2.24) is 20.6 Å². The van der Waals surface area contributed by atoms with Crippen LogP contribution in [-0.2, 0) is 12.7 Å². The van der Waals surface area contributed by atoms with Crippen molar-refractivity contribution in [1.29, 1.82) is 0 Å². The van der Waals surface area contributed by atoms with Gasteiger partial charge in [0.25, 0.3) is 0 Å². The van der Waals surface area contributed by atoms with Crippen LogP contribution in [-0.4, -0.2) is 35.6 Å². The van der Waals surface area contributed by atoms with Crippen molar-refractivity contribution in [2.75, 3.05) is 25.0 Å². The van der Waals surface area contributed by atoms with E-state index in [1.54, 1.807) is 11.3 Å². The average molecular weight is 415 g/mol. The van der Waals surface area contributed by atoms with Gasteiger partial charge in [-0.25, -0.2) is 15.0 Å². The highest BCUT2D eigenvalue weighted by Gasteiger charge is 2.30. The summed E-state index contributed by atoms with van der Waals surface area (Å²) in [6.07, 6.45) is -2.78. The number of anilines is 1. The van der Waals surface area contributed by atoms with Gasteiger partial charge in [-0.3, -0.25) is 0 Å². The van der Waals surface area contributed by atoms with E-state index in [0.29, 0.717) is 31.4 Å². The predicted molar refractivity (Wildman–Crippen MR) is 107 cm³/mol. The summed E-state index contributed by atoms with van der Waals surface area (Å²) in [4.78, 5) is 14.0. The van der Waals surface area contributed by atoms with Gasteiger partial charge in [0.1, 0.15) is 10.8 Å². The molecule has 0 radical (unpaired) electrons. The molecule has 0 aromatic carbocycles. The molecule has 2 aromatic rings. The van der Waals surface area contributed by atoms with E-state index in [-0.39, 0.29) is 0 Å². The minimum absolute atomic E-state index is 0.420. The number of alkyl halides is 3. The summed E-state index contributed by atoms with van der Waals surface area (Å²) in [5.41, 5.74) is 0.285. The van der Waals surface area contributed by atoms with Crippen LogP contribution in [0.25, 0.3) is 0 Å². The highest BCUT2D eigenvalue weighted by atomic mass is 32.1. The zero-order valence-electron chi connectivity index (χ0n) is 16.2. The van der Waals surface area contributed by atoms with Crippen LogP contribution < -0.4 is 16.0 Å². The standard InChI is InChI=1S/C18H25F3N6S/c1-4-22-17(26-11-16-27-12(2)13(3)28-16)24-9-5-8-23-15-7-6-14(10-25-15)18(19,20)21/h6-7,10H,4-5,8-9,11H2,1-3H3,(H,23,25)(H2,22,24,26). The molecule has 0 fully saturated rings. The second-order valence-corrected chi connectivity index (χ2v) is 7.37. The van der Waals surface area contributed by atoms with Gasteiger partial charge in [0.05, 0.1) is 17.8 Å². The van der Waals surface area contributed by atoms with E-state index in [1.807, 2.05) is 20.8 Å². The largest absolute Gasteiger partial charge is 0.417 e. The Bertz CT molecular complexity index is 751. The van der Waals surface area contributed by atoms with E-state index < -0.39 is 11.7 Å². The Morgan fingerprint density at radius 2 is 1.96 bits per heavy atom. The lowest BCUT2D eigenvalue weighted by atomic mass is 10.3. The van der Waals surface area contributed by atoms with E-state index in [4.69, 9.17) is 0 Å². The number of hydrogen-bond acceptors (Lipinski definition) is 5. The van der Waals surface area contributed by atoms with Gasteiger partial charge in [-0.15, -0.1) is 11.3 Å². The van der Waals surface area contributed by atoms with Crippen LogP contribution in [0.4, 0.5) is 19.0 Å². The number of aromatic nitrogens is 2.